The summed E-state index contributed by atoms with van der Waals surface area (Å²) >= 11 is 0. The molecular formula is C8H13O2. The van der Waals surface area contributed by atoms with Crippen LogP contribution < -0.4 is 0 Å². The zero-order valence-corrected chi connectivity index (χ0v) is 6.30. The van der Waals surface area contributed by atoms with Crippen LogP contribution in [0.5, 0.6) is 0 Å². The Labute approximate surface area is 61.9 Å². The minimum Gasteiger partial charge on any atom is -0.461 e. The Morgan fingerprint density at radius 3 is 2.90 bits per heavy atom. The quantitative estimate of drug-likeness (QED) is 0.430. The molecule has 0 heterocycles. The Hall–Kier alpha value is -0.790. The van der Waals surface area contributed by atoms with Crippen molar-refractivity contribution >= 4 is 5.97 Å². The lowest BCUT2D eigenvalue weighted by Gasteiger charge is -1.98. The Kier molecular flexibility index (Phi) is 5.83. The zero-order valence-electron chi connectivity index (χ0n) is 6.30. The van der Waals surface area contributed by atoms with E-state index in [1.54, 1.807) is 12.5 Å². The minimum absolute atomic E-state index is 0.248. The summed E-state index contributed by atoms with van der Waals surface area (Å²) in [6, 6.07) is 0. The molecule has 0 aromatic rings. The molecule has 0 fully saturated rings. The average molecular weight is 141 g/mol. The molecule has 0 spiro atoms. The first-order valence-electron chi connectivity index (χ1n) is 3.42. The highest BCUT2D eigenvalue weighted by Gasteiger charge is 1.98. The highest BCUT2D eigenvalue weighted by atomic mass is 16.5. The molecule has 0 aromatic heterocycles. The molecule has 57 valence electrons. The van der Waals surface area contributed by atoms with Crippen molar-refractivity contribution in [1.82, 2.24) is 0 Å². The van der Waals surface area contributed by atoms with E-state index in [0.717, 1.165) is 12.8 Å². The molecule has 0 N–H and O–H groups in total. The fraction of sp³-hybridized carbons (Fsp3) is 0.500. The Morgan fingerprint density at radius 2 is 2.40 bits per heavy atom. The number of ether oxygens (including phenoxy) is 1. The first kappa shape index (κ1) is 9.21. The van der Waals surface area contributed by atoms with Gasteiger partial charge in [0.1, 0.15) is 6.61 Å². The topological polar surface area (TPSA) is 26.3 Å². The van der Waals surface area contributed by atoms with E-state index in [1.165, 1.54) is 0 Å². The first-order valence-corrected chi connectivity index (χ1v) is 3.42. The summed E-state index contributed by atoms with van der Waals surface area (Å²) in [5.74, 6) is -0.248. The number of rotatable bonds is 5. The smallest absolute Gasteiger partial charge is 0.310 e. The van der Waals surface area contributed by atoms with Crippen LogP contribution in [0.4, 0.5) is 0 Å². The Balaban J connectivity index is 3.16. The Bertz CT molecular complexity index is 108. The van der Waals surface area contributed by atoms with Crippen LogP contribution in [-0.2, 0) is 9.53 Å². The van der Waals surface area contributed by atoms with E-state index in [9.17, 15) is 4.79 Å². The molecule has 0 bridgehead atoms. The van der Waals surface area contributed by atoms with E-state index in [-0.39, 0.29) is 5.97 Å². The number of hydrogen-bond donors (Lipinski definition) is 0. The molecule has 2 nitrogen and oxygen atoms in total. The van der Waals surface area contributed by atoms with Gasteiger partial charge in [0.2, 0.25) is 0 Å². The maximum Gasteiger partial charge on any atom is 0.310 e. The van der Waals surface area contributed by atoms with Gasteiger partial charge in [-0.2, -0.15) is 0 Å². The number of esters is 1. The van der Waals surface area contributed by atoms with Crippen LogP contribution in [0.1, 0.15) is 19.8 Å². The highest BCUT2D eigenvalue weighted by Crippen LogP contribution is 1.94. The average Bonchev–Trinajstić information content (AvgIpc) is 1.97. The van der Waals surface area contributed by atoms with Gasteiger partial charge in [-0.05, 0) is 6.42 Å². The van der Waals surface area contributed by atoms with Gasteiger partial charge in [0.05, 0.1) is 6.42 Å². The maximum absolute atomic E-state index is 10.6. The highest BCUT2D eigenvalue weighted by molar-refractivity contribution is 5.78. The lowest BCUT2D eigenvalue weighted by atomic mass is 10.2. The predicted molar refractivity (Wildman–Crippen MR) is 40.4 cm³/mol. The molecule has 0 aliphatic carbocycles. The van der Waals surface area contributed by atoms with Crippen molar-refractivity contribution in [3.63, 3.8) is 0 Å². The third kappa shape index (κ3) is 5.35. The number of hydrogen-bond acceptors (Lipinski definition) is 2. The van der Waals surface area contributed by atoms with Crippen LogP contribution in [0.3, 0.4) is 0 Å². The van der Waals surface area contributed by atoms with E-state index in [0.29, 0.717) is 6.61 Å². The lowest BCUT2D eigenvalue weighted by Crippen LogP contribution is -2.04. The molecule has 0 amide bonds. The summed E-state index contributed by atoms with van der Waals surface area (Å²) in [6.45, 7) is 5.74. The van der Waals surface area contributed by atoms with Crippen molar-refractivity contribution in [1.29, 1.82) is 0 Å². The van der Waals surface area contributed by atoms with Gasteiger partial charge in [-0.1, -0.05) is 26.0 Å². The molecule has 0 rings (SSSR count). The van der Waals surface area contributed by atoms with E-state index in [4.69, 9.17) is 0 Å². The molecule has 0 aromatic carbocycles. The molecule has 0 aliphatic rings. The largest absolute Gasteiger partial charge is 0.461 e. The standard InChI is InChI=1S/C8H13O2/c1-3-5-6-8(9)10-7-4-2/h4,6H,2-3,5,7H2,1H3. The van der Waals surface area contributed by atoms with Crippen LogP contribution in [0.25, 0.3) is 0 Å². The van der Waals surface area contributed by atoms with Crippen molar-refractivity contribution < 1.29 is 9.53 Å². The van der Waals surface area contributed by atoms with Gasteiger partial charge in [0, 0.05) is 0 Å². The fourth-order valence-corrected chi connectivity index (χ4v) is 0.462. The number of unbranched alkanes of at least 4 members (excludes halogenated alkanes) is 1. The summed E-state index contributed by atoms with van der Waals surface area (Å²) in [5, 5.41) is 0. The van der Waals surface area contributed by atoms with Gasteiger partial charge in [-0.25, -0.2) is 0 Å². The third-order valence-corrected chi connectivity index (χ3v) is 0.943. The molecule has 2 heteroatoms. The number of carbonyl (C=O) groups is 1. The van der Waals surface area contributed by atoms with Gasteiger partial charge >= 0.3 is 5.97 Å². The second-order valence-corrected chi connectivity index (χ2v) is 1.91. The monoisotopic (exact) mass is 141 g/mol. The van der Waals surface area contributed by atoms with Crippen LogP contribution >= 0.6 is 0 Å². The van der Waals surface area contributed by atoms with E-state index in [2.05, 4.69) is 11.3 Å². The molecule has 10 heavy (non-hydrogen) atoms. The molecule has 1 radical (unpaired) electrons. The normalized spacial score (nSPS) is 8.90. The summed E-state index contributed by atoms with van der Waals surface area (Å²) in [4.78, 5) is 10.6. The second kappa shape index (κ2) is 6.33. The van der Waals surface area contributed by atoms with Crippen molar-refractivity contribution in [3.8, 4) is 0 Å². The van der Waals surface area contributed by atoms with Crippen molar-refractivity contribution in [2.75, 3.05) is 6.61 Å². The molecule has 0 unspecified atom stereocenters. The van der Waals surface area contributed by atoms with Crippen LogP contribution in [0.2, 0.25) is 0 Å². The summed E-state index contributed by atoms with van der Waals surface area (Å²) < 4.78 is 4.68. The van der Waals surface area contributed by atoms with E-state index in [1.807, 2.05) is 6.92 Å². The Morgan fingerprint density at radius 1 is 1.70 bits per heavy atom. The second-order valence-electron chi connectivity index (χ2n) is 1.91. The van der Waals surface area contributed by atoms with Gasteiger partial charge in [-0.3, -0.25) is 4.79 Å². The summed E-state index contributed by atoms with van der Waals surface area (Å²) in [7, 11) is 0. The van der Waals surface area contributed by atoms with Crippen molar-refractivity contribution in [3.05, 3.63) is 19.1 Å². The van der Waals surface area contributed by atoms with Gasteiger partial charge in [-0.15, -0.1) is 0 Å². The first-order chi connectivity index (χ1) is 4.81. The molecular weight excluding hydrogens is 128 g/mol. The summed E-state index contributed by atoms with van der Waals surface area (Å²) in [6.07, 6.45) is 4.86. The van der Waals surface area contributed by atoms with Gasteiger partial charge < -0.3 is 4.74 Å². The molecule has 0 atom stereocenters. The van der Waals surface area contributed by atoms with E-state index >= 15 is 0 Å². The predicted octanol–water partition coefficient (Wildman–Crippen LogP) is 1.72. The molecule has 0 aliphatic heterocycles. The maximum atomic E-state index is 10.6. The zero-order chi connectivity index (χ0) is 7.82. The van der Waals surface area contributed by atoms with Crippen molar-refractivity contribution in [2.45, 2.75) is 19.8 Å². The lowest BCUT2D eigenvalue weighted by molar-refractivity contribution is -0.138. The summed E-state index contributed by atoms with van der Waals surface area (Å²) in [5.41, 5.74) is 0. The van der Waals surface area contributed by atoms with Crippen molar-refractivity contribution in [2.24, 2.45) is 0 Å². The molecule has 0 saturated heterocycles. The van der Waals surface area contributed by atoms with Crippen LogP contribution in [0.15, 0.2) is 12.7 Å². The van der Waals surface area contributed by atoms with Crippen LogP contribution in [-0.4, -0.2) is 12.6 Å². The third-order valence-electron chi connectivity index (χ3n) is 0.943. The van der Waals surface area contributed by atoms with Crippen LogP contribution in [0, 0.1) is 6.42 Å². The minimum atomic E-state index is -0.248. The number of carbonyl (C=O) groups excluding carboxylic acids is 1. The molecule has 0 saturated carbocycles. The SMILES string of the molecule is C=CCOC(=O)[CH]CCC. The fourth-order valence-electron chi connectivity index (χ4n) is 0.462. The van der Waals surface area contributed by atoms with Gasteiger partial charge in [0.25, 0.3) is 0 Å². The van der Waals surface area contributed by atoms with Gasteiger partial charge in [0.15, 0.2) is 0 Å². The van der Waals surface area contributed by atoms with E-state index < -0.39 is 0 Å².